The van der Waals surface area contributed by atoms with Gasteiger partial charge in [0.1, 0.15) is 5.78 Å². The van der Waals surface area contributed by atoms with Gasteiger partial charge in [-0.2, -0.15) is 0 Å². The molecular formula is C20H33NO7. The van der Waals surface area contributed by atoms with E-state index in [2.05, 4.69) is 0 Å². The number of likely N-dealkylation sites (N-methyl/N-ethyl adjacent to an activating group) is 1. The van der Waals surface area contributed by atoms with Gasteiger partial charge < -0.3 is 14.4 Å². The molecule has 160 valence electrons. The van der Waals surface area contributed by atoms with E-state index in [1.165, 1.54) is 11.9 Å². The summed E-state index contributed by atoms with van der Waals surface area (Å²) in [6.45, 7) is 10.0. The van der Waals surface area contributed by atoms with Gasteiger partial charge in [0.25, 0.3) is 0 Å². The van der Waals surface area contributed by atoms with E-state index in [1.807, 2.05) is 0 Å². The van der Waals surface area contributed by atoms with E-state index in [0.29, 0.717) is 0 Å². The van der Waals surface area contributed by atoms with E-state index in [1.54, 1.807) is 41.5 Å². The summed E-state index contributed by atoms with van der Waals surface area (Å²) in [5.41, 5.74) is -1.07. The zero-order valence-electron chi connectivity index (χ0n) is 18.0. The van der Waals surface area contributed by atoms with Crippen LogP contribution in [0.5, 0.6) is 0 Å². The van der Waals surface area contributed by atoms with Gasteiger partial charge in [0.2, 0.25) is 12.7 Å². The van der Waals surface area contributed by atoms with Gasteiger partial charge in [0.05, 0.1) is 19.4 Å². The van der Waals surface area contributed by atoms with E-state index in [4.69, 9.17) is 9.47 Å². The molecule has 0 atom stereocenters. The normalized spacial score (nSPS) is 11.5. The molecule has 8 nitrogen and oxygen atoms in total. The van der Waals surface area contributed by atoms with Crippen LogP contribution in [0.1, 0.15) is 67.2 Å². The summed E-state index contributed by atoms with van der Waals surface area (Å²) in [6, 6.07) is 0. The molecule has 0 aliphatic carbocycles. The third-order valence-corrected chi connectivity index (χ3v) is 4.02. The number of ketones is 2. The topological polar surface area (TPSA) is 107 Å². The minimum atomic E-state index is -0.692. The largest absolute Gasteiger partial charge is 0.428 e. The van der Waals surface area contributed by atoms with Crippen LogP contribution < -0.4 is 0 Å². The van der Waals surface area contributed by atoms with Crippen LogP contribution in [0.3, 0.4) is 0 Å². The van der Waals surface area contributed by atoms with Crippen LogP contribution in [-0.4, -0.2) is 54.7 Å². The van der Waals surface area contributed by atoms with Gasteiger partial charge >= 0.3 is 11.9 Å². The molecule has 0 aliphatic rings. The molecular weight excluding hydrogens is 366 g/mol. The van der Waals surface area contributed by atoms with Crippen molar-refractivity contribution in [3.05, 3.63) is 0 Å². The second-order valence-corrected chi connectivity index (χ2v) is 8.75. The number of carbonyl (C=O) groups is 5. The van der Waals surface area contributed by atoms with Crippen molar-refractivity contribution in [2.45, 2.75) is 67.2 Å². The number of nitrogens with zero attached hydrogens (tertiary/aromatic N) is 1. The van der Waals surface area contributed by atoms with Gasteiger partial charge in [-0.3, -0.25) is 24.0 Å². The molecule has 0 saturated carbocycles. The van der Waals surface area contributed by atoms with Crippen LogP contribution in [0.2, 0.25) is 0 Å². The molecule has 0 aromatic carbocycles. The summed E-state index contributed by atoms with van der Waals surface area (Å²) in [4.78, 5) is 60.0. The SMILES string of the molecule is CN(CC(=O)C(C)(C)C)C(=O)CCC(=O)OCOC(=O)CCC(=O)C(C)(C)C. The van der Waals surface area contributed by atoms with Crippen molar-refractivity contribution in [3.8, 4) is 0 Å². The van der Waals surface area contributed by atoms with Crippen molar-refractivity contribution < 1.29 is 33.4 Å². The van der Waals surface area contributed by atoms with Gasteiger partial charge in [0.15, 0.2) is 5.78 Å². The van der Waals surface area contributed by atoms with Gasteiger partial charge in [0, 0.05) is 30.7 Å². The first-order valence-corrected chi connectivity index (χ1v) is 9.26. The number of ether oxygens (including phenoxy) is 2. The maximum absolute atomic E-state index is 12.0. The fourth-order valence-electron chi connectivity index (χ4n) is 1.84. The average molecular weight is 399 g/mol. The molecule has 0 fully saturated rings. The molecule has 0 rings (SSSR count). The molecule has 0 radical (unpaired) electrons. The predicted molar refractivity (Wildman–Crippen MR) is 102 cm³/mol. The van der Waals surface area contributed by atoms with Gasteiger partial charge in [-0.1, -0.05) is 41.5 Å². The van der Waals surface area contributed by atoms with Crippen molar-refractivity contribution in [1.82, 2.24) is 4.90 Å². The second kappa shape index (κ2) is 10.9. The maximum Gasteiger partial charge on any atom is 0.309 e. The molecule has 0 saturated heterocycles. The Morgan fingerprint density at radius 1 is 0.679 bits per heavy atom. The first kappa shape index (κ1) is 25.8. The molecule has 0 unspecified atom stereocenters. The molecule has 0 spiro atoms. The molecule has 0 aromatic heterocycles. The highest BCUT2D eigenvalue weighted by molar-refractivity contribution is 5.90. The lowest BCUT2D eigenvalue weighted by Gasteiger charge is -2.22. The Hall–Kier alpha value is -2.25. The Bertz CT molecular complexity index is 597. The number of carbonyl (C=O) groups excluding carboxylic acids is 5. The maximum atomic E-state index is 12.0. The smallest absolute Gasteiger partial charge is 0.309 e. The standard InChI is InChI=1S/C20H33NO7/c1-19(2,3)14(22)8-10-17(25)27-13-28-18(26)11-9-16(24)21(7)12-15(23)20(4,5)6/h8-13H2,1-7H3. The van der Waals surface area contributed by atoms with Crippen molar-refractivity contribution in [2.75, 3.05) is 20.4 Å². The van der Waals surface area contributed by atoms with Crippen molar-refractivity contribution in [2.24, 2.45) is 10.8 Å². The van der Waals surface area contributed by atoms with Crippen LogP contribution in [0.15, 0.2) is 0 Å². The van der Waals surface area contributed by atoms with Crippen molar-refractivity contribution in [1.29, 1.82) is 0 Å². The van der Waals surface area contributed by atoms with Crippen LogP contribution in [0.25, 0.3) is 0 Å². The first-order valence-electron chi connectivity index (χ1n) is 9.26. The second-order valence-electron chi connectivity index (χ2n) is 8.75. The quantitative estimate of drug-likeness (QED) is 0.410. The molecule has 0 bridgehead atoms. The lowest BCUT2D eigenvalue weighted by molar-refractivity contribution is -0.168. The van der Waals surface area contributed by atoms with Crippen LogP contribution in [0, 0.1) is 10.8 Å². The lowest BCUT2D eigenvalue weighted by Crippen LogP contribution is -2.37. The molecule has 8 heteroatoms. The highest BCUT2D eigenvalue weighted by Gasteiger charge is 2.24. The predicted octanol–water partition coefficient (Wildman–Crippen LogP) is 2.28. The summed E-state index contributed by atoms with van der Waals surface area (Å²) in [7, 11) is 1.50. The Labute approximate surface area is 166 Å². The fraction of sp³-hybridized carbons (Fsp3) is 0.750. The van der Waals surface area contributed by atoms with Crippen LogP contribution in [0.4, 0.5) is 0 Å². The van der Waals surface area contributed by atoms with E-state index >= 15 is 0 Å². The summed E-state index contributed by atoms with van der Waals surface area (Å²) in [5, 5.41) is 0. The number of rotatable bonds is 10. The molecule has 28 heavy (non-hydrogen) atoms. The van der Waals surface area contributed by atoms with E-state index in [-0.39, 0.29) is 49.7 Å². The zero-order chi connectivity index (χ0) is 22.1. The molecule has 0 aliphatic heterocycles. The Balaban J connectivity index is 4.07. The minimum absolute atomic E-state index is 0.0255. The Morgan fingerprint density at radius 3 is 1.54 bits per heavy atom. The molecule has 0 aromatic rings. The number of hydrogen-bond acceptors (Lipinski definition) is 7. The first-order chi connectivity index (χ1) is 12.6. The molecule has 0 N–H and O–H groups in total. The average Bonchev–Trinajstić information content (AvgIpc) is 2.55. The third-order valence-electron chi connectivity index (χ3n) is 4.02. The number of amides is 1. The summed E-state index contributed by atoms with van der Waals surface area (Å²) in [6.07, 6.45) is -0.323. The zero-order valence-corrected chi connectivity index (χ0v) is 18.0. The number of hydrogen-bond donors (Lipinski definition) is 0. The molecule has 0 heterocycles. The van der Waals surface area contributed by atoms with Gasteiger partial charge in [-0.15, -0.1) is 0 Å². The number of Topliss-reactive ketones (excluding diaryl/α,β-unsaturated/α-hetero) is 2. The van der Waals surface area contributed by atoms with E-state index in [9.17, 15) is 24.0 Å². The number of esters is 2. The van der Waals surface area contributed by atoms with Crippen LogP contribution >= 0.6 is 0 Å². The summed E-state index contributed by atoms with van der Waals surface area (Å²) >= 11 is 0. The third kappa shape index (κ3) is 10.8. The highest BCUT2D eigenvalue weighted by Crippen LogP contribution is 2.18. The Morgan fingerprint density at radius 2 is 1.11 bits per heavy atom. The van der Waals surface area contributed by atoms with E-state index in [0.717, 1.165) is 0 Å². The van der Waals surface area contributed by atoms with Crippen LogP contribution in [-0.2, 0) is 33.4 Å². The summed E-state index contributed by atoms with van der Waals surface area (Å²) < 4.78 is 9.49. The Kier molecular flexibility index (Phi) is 10.0. The fourth-order valence-corrected chi connectivity index (χ4v) is 1.84. The summed E-state index contributed by atoms with van der Waals surface area (Å²) in [5.74, 6) is -1.83. The van der Waals surface area contributed by atoms with Gasteiger partial charge in [-0.05, 0) is 0 Å². The minimum Gasteiger partial charge on any atom is -0.428 e. The van der Waals surface area contributed by atoms with Gasteiger partial charge in [-0.25, -0.2) is 0 Å². The molecule has 1 amide bonds. The highest BCUT2D eigenvalue weighted by atomic mass is 16.7. The monoisotopic (exact) mass is 399 g/mol. The van der Waals surface area contributed by atoms with Crippen molar-refractivity contribution >= 4 is 29.4 Å². The van der Waals surface area contributed by atoms with E-state index < -0.39 is 29.6 Å². The lowest BCUT2D eigenvalue weighted by atomic mass is 9.88. The van der Waals surface area contributed by atoms with Crippen molar-refractivity contribution in [3.63, 3.8) is 0 Å².